The molecular weight excluding hydrogens is 556 g/mol. The van der Waals surface area contributed by atoms with E-state index >= 15 is 0 Å². The van der Waals surface area contributed by atoms with Crippen LogP contribution in [0.4, 0.5) is 0 Å². The number of rotatable bonds is 5. The molecule has 9 heteroatoms. The highest BCUT2D eigenvalue weighted by atomic mass is 79.9. The first-order valence-corrected chi connectivity index (χ1v) is 9.44. The molecule has 0 heterocycles. The van der Waals surface area contributed by atoms with Crippen LogP contribution in [0.2, 0.25) is 0 Å². The van der Waals surface area contributed by atoms with Crippen LogP contribution in [0, 0.1) is 0 Å². The van der Waals surface area contributed by atoms with Crippen molar-refractivity contribution in [1.29, 1.82) is 0 Å². The summed E-state index contributed by atoms with van der Waals surface area (Å²) < 4.78 is -1.67. The number of halogens is 4. The molecule has 124 valence electrons. The fraction of sp³-hybridized carbons (Fsp3) is 0.538. The van der Waals surface area contributed by atoms with Gasteiger partial charge in [-0.2, -0.15) is 0 Å². The van der Waals surface area contributed by atoms with Gasteiger partial charge in [0, 0.05) is 8.96 Å². The highest BCUT2D eigenvalue weighted by Crippen LogP contribution is 2.60. The first-order valence-electron chi connectivity index (χ1n) is 6.27. The van der Waals surface area contributed by atoms with E-state index in [9.17, 15) is 24.9 Å². The minimum absolute atomic E-state index is 0.137. The van der Waals surface area contributed by atoms with Gasteiger partial charge in [-0.15, -0.1) is 0 Å². The number of aliphatic hydroxyl groups excluding tert-OH is 1. The molecule has 3 N–H and O–H groups in total. The van der Waals surface area contributed by atoms with Gasteiger partial charge >= 0.3 is 11.9 Å². The van der Waals surface area contributed by atoms with Gasteiger partial charge < -0.3 is 15.3 Å². The molecule has 0 aliphatic heterocycles. The van der Waals surface area contributed by atoms with Crippen molar-refractivity contribution < 1.29 is 24.9 Å². The zero-order valence-corrected chi connectivity index (χ0v) is 18.0. The third-order valence-corrected chi connectivity index (χ3v) is 10.0. The Morgan fingerprint density at radius 1 is 1.14 bits per heavy atom. The highest BCUT2D eigenvalue weighted by Gasteiger charge is 2.58. The highest BCUT2D eigenvalue weighted by molar-refractivity contribution is 9.16. The van der Waals surface area contributed by atoms with Crippen LogP contribution in [-0.2, 0) is 9.59 Å². The standard InChI is InChI=1S/C13H14Br4O5/c1-3-12(16)7(11(21)22)6(10(19)20)8(14)9(15)13(12,17)4-5(2)18/h5,18H,3-4H2,1-2H3,(H,19,20)(H,21,22). The molecule has 5 nitrogen and oxygen atoms in total. The van der Waals surface area contributed by atoms with Gasteiger partial charge in [-0.25, -0.2) is 9.59 Å². The molecule has 0 spiro atoms. The van der Waals surface area contributed by atoms with Gasteiger partial charge in [0.1, 0.15) is 0 Å². The van der Waals surface area contributed by atoms with Crippen molar-refractivity contribution in [3.63, 3.8) is 0 Å². The van der Waals surface area contributed by atoms with Crippen molar-refractivity contribution in [1.82, 2.24) is 0 Å². The molecule has 0 bridgehead atoms. The van der Waals surface area contributed by atoms with Gasteiger partial charge in [0.25, 0.3) is 0 Å². The normalized spacial score (nSPS) is 30.5. The molecule has 3 unspecified atom stereocenters. The molecule has 0 radical (unpaired) electrons. The predicted molar refractivity (Wildman–Crippen MR) is 97.1 cm³/mol. The lowest BCUT2D eigenvalue weighted by atomic mass is 9.74. The predicted octanol–water partition coefficient (Wildman–Crippen LogP) is 3.92. The molecule has 0 saturated heterocycles. The van der Waals surface area contributed by atoms with E-state index in [1.54, 1.807) is 13.8 Å². The van der Waals surface area contributed by atoms with Crippen molar-refractivity contribution in [3.05, 3.63) is 20.1 Å². The summed E-state index contributed by atoms with van der Waals surface area (Å²) in [6.07, 6.45) is -0.276. The number of aliphatic carboxylic acids is 2. The Bertz CT molecular complexity index is 583. The SMILES string of the molecule is CCC1(Br)C(C(=O)O)=C(C(=O)O)C(Br)=C(Br)C1(Br)CC(C)O. The Morgan fingerprint density at radius 3 is 1.95 bits per heavy atom. The van der Waals surface area contributed by atoms with E-state index in [1.165, 1.54) is 0 Å². The molecule has 0 saturated carbocycles. The summed E-state index contributed by atoms with van der Waals surface area (Å²) in [5, 5.41) is 28.8. The van der Waals surface area contributed by atoms with Crippen LogP contribution in [-0.4, -0.2) is 42.0 Å². The lowest BCUT2D eigenvalue weighted by Crippen LogP contribution is -2.53. The minimum Gasteiger partial charge on any atom is -0.478 e. The molecule has 1 aliphatic rings. The number of carbonyl (C=O) groups is 2. The van der Waals surface area contributed by atoms with Crippen LogP contribution in [0.15, 0.2) is 20.1 Å². The Labute approximate surface area is 161 Å². The van der Waals surface area contributed by atoms with Gasteiger partial charge in [-0.1, -0.05) is 54.7 Å². The smallest absolute Gasteiger partial charge is 0.337 e. The molecule has 22 heavy (non-hydrogen) atoms. The maximum Gasteiger partial charge on any atom is 0.337 e. The van der Waals surface area contributed by atoms with E-state index in [2.05, 4.69) is 63.7 Å². The zero-order valence-electron chi connectivity index (χ0n) is 11.7. The zero-order chi connectivity index (χ0) is 17.5. The van der Waals surface area contributed by atoms with E-state index < -0.39 is 26.7 Å². The summed E-state index contributed by atoms with van der Waals surface area (Å²) in [7, 11) is 0. The quantitative estimate of drug-likeness (QED) is 0.437. The van der Waals surface area contributed by atoms with Crippen molar-refractivity contribution in [2.75, 3.05) is 0 Å². The van der Waals surface area contributed by atoms with Gasteiger partial charge in [-0.05, 0) is 35.7 Å². The number of alkyl halides is 2. The van der Waals surface area contributed by atoms with Crippen LogP contribution in [0.1, 0.15) is 26.7 Å². The third-order valence-electron chi connectivity index (χ3n) is 3.53. The molecule has 0 aromatic rings. The summed E-state index contributed by atoms with van der Waals surface area (Å²) in [6.45, 7) is 3.33. The topological polar surface area (TPSA) is 94.8 Å². The lowest BCUT2D eigenvalue weighted by molar-refractivity contribution is -0.136. The Hall–Kier alpha value is 0.300. The van der Waals surface area contributed by atoms with E-state index in [1.807, 2.05) is 0 Å². The third kappa shape index (κ3) is 3.11. The summed E-state index contributed by atoms with van der Waals surface area (Å²) in [5.74, 6) is -2.67. The van der Waals surface area contributed by atoms with Gasteiger partial charge in [0.15, 0.2) is 0 Å². The minimum atomic E-state index is -1.34. The van der Waals surface area contributed by atoms with Crippen LogP contribution < -0.4 is 0 Å². The van der Waals surface area contributed by atoms with Gasteiger partial charge in [0.2, 0.25) is 0 Å². The maximum atomic E-state index is 11.8. The molecule has 0 fully saturated rings. The average Bonchev–Trinajstić information content (AvgIpc) is 2.39. The van der Waals surface area contributed by atoms with Gasteiger partial charge in [0.05, 0.1) is 25.9 Å². The summed E-state index contributed by atoms with van der Waals surface area (Å²) in [6, 6.07) is 0. The fourth-order valence-electron chi connectivity index (χ4n) is 2.56. The van der Waals surface area contributed by atoms with E-state index in [4.69, 9.17) is 0 Å². The van der Waals surface area contributed by atoms with Crippen molar-refractivity contribution in [2.24, 2.45) is 0 Å². The van der Waals surface area contributed by atoms with Crippen LogP contribution in [0.5, 0.6) is 0 Å². The van der Waals surface area contributed by atoms with Crippen molar-refractivity contribution in [3.8, 4) is 0 Å². The number of allylic oxidation sites excluding steroid dienone is 1. The molecule has 3 atom stereocenters. The summed E-state index contributed by atoms with van der Waals surface area (Å²) in [4.78, 5) is 23.3. The van der Waals surface area contributed by atoms with Crippen molar-refractivity contribution in [2.45, 2.75) is 41.4 Å². The first-order chi connectivity index (χ1) is 9.94. The Kier molecular flexibility index (Phi) is 6.51. The number of hydrogen-bond donors (Lipinski definition) is 3. The number of aliphatic hydroxyl groups is 1. The van der Waals surface area contributed by atoms with Crippen LogP contribution in [0.3, 0.4) is 0 Å². The second kappa shape index (κ2) is 7.04. The largest absolute Gasteiger partial charge is 0.478 e. The average molecular weight is 570 g/mol. The van der Waals surface area contributed by atoms with E-state index in [0.717, 1.165) is 0 Å². The lowest BCUT2D eigenvalue weighted by Gasteiger charge is -2.47. The molecule has 1 aliphatic carbocycles. The Morgan fingerprint density at radius 2 is 1.64 bits per heavy atom. The Balaban J connectivity index is 3.85. The summed E-state index contributed by atoms with van der Waals surface area (Å²) >= 11 is 13.5. The van der Waals surface area contributed by atoms with Gasteiger partial charge in [-0.3, -0.25) is 0 Å². The second-order valence-electron chi connectivity index (χ2n) is 5.00. The molecule has 0 amide bonds. The van der Waals surface area contributed by atoms with E-state index in [0.29, 0.717) is 10.9 Å². The van der Waals surface area contributed by atoms with Crippen LogP contribution >= 0.6 is 63.7 Å². The number of carboxylic acids is 2. The van der Waals surface area contributed by atoms with Crippen LogP contribution in [0.25, 0.3) is 0 Å². The number of carboxylic acid groups (broad SMARTS) is 2. The molecule has 0 aromatic heterocycles. The first kappa shape index (κ1) is 20.3. The fourth-order valence-corrected chi connectivity index (χ4v) is 6.37. The second-order valence-corrected chi connectivity index (χ2v) is 9.29. The maximum absolute atomic E-state index is 11.8. The molecular formula is C13H14Br4O5. The monoisotopic (exact) mass is 566 g/mol. The molecule has 1 rings (SSSR count). The van der Waals surface area contributed by atoms with Crippen molar-refractivity contribution >= 4 is 75.7 Å². The number of hydrogen-bond acceptors (Lipinski definition) is 3. The molecule has 0 aromatic carbocycles. The summed E-state index contributed by atoms with van der Waals surface area (Å²) in [5.41, 5.74) is -0.589. The van der Waals surface area contributed by atoms with E-state index in [-0.39, 0.29) is 22.0 Å².